The zero-order valence-corrected chi connectivity index (χ0v) is 14.7. The number of ether oxygens (including phenoxy) is 1. The van der Waals surface area contributed by atoms with Crippen molar-refractivity contribution < 1.29 is 26.7 Å². The molecule has 8 heteroatoms. The first-order valence-corrected chi connectivity index (χ1v) is 8.74. The van der Waals surface area contributed by atoms with Crippen molar-refractivity contribution in [3.8, 4) is 11.5 Å². The Morgan fingerprint density at radius 2 is 1.68 bits per heavy atom. The maximum Gasteiger partial charge on any atom is 0.416 e. The molecule has 2 heterocycles. The topological polar surface area (TPSA) is 48.2 Å². The van der Waals surface area contributed by atoms with Gasteiger partial charge in [-0.2, -0.15) is 13.2 Å². The lowest BCUT2D eigenvalue weighted by Gasteiger charge is -2.34. The molecule has 1 fully saturated rings. The Bertz CT molecular complexity index is 978. The van der Waals surface area contributed by atoms with Crippen LogP contribution in [0.15, 0.2) is 52.9 Å². The van der Waals surface area contributed by atoms with E-state index in [1.54, 1.807) is 18.2 Å². The number of alkyl halides is 3. The van der Waals surface area contributed by atoms with Gasteiger partial charge in [0.05, 0.1) is 16.5 Å². The van der Waals surface area contributed by atoms with Gasteiger partial charge in [0.25, 0.3) is 5.89 Å². The van der Waals surface area contributed by atoms with E-state index in [4.69, 9.17) is 9.15 Å². The Hall–Kier alpha value is -2.74. The molecule has 0 radical (unpaired) electrons. The molecule has 0 aliphatic carbocycles. The molecule has 146 valence electrons. The van der Waals surface area contributed by atoms with E-state index in [0.29, 0.717) is 31.6 Å². The molecular weight excluding hydrogens is 376 g/mol. The molecule has 4 nitrogen and oxygen atoms in total. The highest BCUT2D eigenvalue weighted by molar-refractivity contribution is 5.53. The summed E-state index contributed by atoms with van der Waals surface area (Å²) in [4.78, 5) is 0. The zero-order chi connectivity index (χ0) is 19.8. The van der Waals surface area contributed by atoms with Gasteiger partial charge in [0.15, 0.2) is 0 Å². The van der Waals surface area contributed by atoms with Crippen LogP contribution in [-0.2, 0) is 16.3 Å². The highest BCUT2D eigenvalue weighted by Gasteiger charge is 2.43. The third-order valence-corrected chi connectivity index (χ3v) is 5.03. The largest absolute Gasteiger partial charge is 0.420 e. The van der Waals surface area contributed by atoms with Gasteiger partial charge in [0.2, 0.25) is 5.89 Å². The van der Waals surface area contributed by atoms with Crippen LogP contribution >= 0.6 is 0 Å². The zero-order valence-electron chi connectivity index (χ0n) is 14.7. The molecule has 0 unspecified atom stereocenters. The number of aromatic nitrogens is 2. The van der Waals surface area contributed by atoms with Crippen LogP contribution in [0.2, 0.25) is 0 Å². The minimum atomic E-state index is -4.46. The summed E-state index contributed by atoms with van der Waals surface area (Å²) in [5, 5.41) is 8.02. The molecule has 28 heavy (non-hydrogen) atoms. The standard InChI is InChI=1S/C20H16F4N2O2/c21-16-7-2-1-6-15(16)17-25-26-18(28-17)19(8-10-27-11-9-19)13-4-3-5-14(12-13)20(22,23)24/h1-7,12H,8-11H2. The minimum absolute atomic E-state index is 0.00839. The second-order valence-electron chi connectivity index (χ2n) is 6.67. The summed E-state index contributed by atoms with van der Waals surface area (Å²) >= 11 is 0. The maximum atomic E-state index is 14.1. The van der Waals surface area contributed by atoms with E-state index in [9.17, 15) is 17.6 Å². The van der Waals surface area contributed by atoms with Gasteiger partial charge in [-0.1, -0.05) is 30.3 Å². The Morgan fingerprint density at radius 1 is 0.929 bits per heavy atom. The smallest absolute Gasteiger partial charge is 0.416 e. The lowest BCUT2D eigenvalue weighted by atomic mass is 9.73. The molecule has 3 aromatic rings. The predicted molar refractivity (Wildman–Crippen MR) is 92.0 cm³/mol. The van der Waals surface area contributed by atoms with Gasteiger partial charge >= 0.3 is 6.18 Å². The Labute approximate surface area is 158 Å². The molecule has 1 aromatic heterocycles. The van der Waals surface area contributed by atoms with Crippen molar-refractivity contribution >= 4 is 0 Å². The van der Waals surface area contributed by atoms with Crippen molar-refractivity contribution in [1.82, 2.24) is 10.2 Å². The fraction of sp³-hybridized carbons (Fsp3) is 0.300. The van der Waals surface area contributed by atoms with Crippen LogP contribution < -0.4 is 0 Å². The Kier molecular flexibility index (Phi) is 4.66. The molecule has 4 rings (SSSR count). The van der Waals surface area contributed by atoms with Gasteiger partial charge in [0.1, 0.15) is 5.82 Å². The van der Waals surface area contributed by atoms with Crippen LogP contribution in [0.3, 0.4) is 0 Å². The number of hydrogen-bond donors (Lipinski definition) is 0. The van der Waals surface area contributed by atoms with Crippen LogP contribution in [0.25, 0.3) is 11.5 Å². The molecule has 2 aromatic carbocycles. The monoisotopic (exact) mass is 392 g/mol. The van der Waals surface area contributed by atoms with Gasteiger partial charge in [-0.3, -0.25) is 0 Å². The molecule has 1 aliphatic rings. The number of hydrogen-bond acceptors (Lipinski definition) is 4. The van der Waals surface area contributed by atoms with E-state index in [0.717, 1.165) is 12.1 Å². The number of benzene rings is 2. The number of nitrogens with zero attached hydrogens (tertiary/aromatic N) is 2. The Balaban J connectivity index is 1.81. The molecule has 1 saturated heterocycles. The molecule has 1 aliphatic heterocycles. The van der Waals surface area contributed by atoms with Crippen LogP contribution in [0, 0.1) is 5.82 Å². The quantitative estimate of drug-likeness (QED) is 0.589. The molecule has 0 atom stereocenters. The van der Waals surface area contributed by atoms with E-state index in [1.165, 1.54) is 18.2 Å². The molecule has 0 N–H and O–H groups in total. The minimum Gasteiger partial charge on any atom is -0.420 e. The van der Waals surface area contributed by atoms with E-state index in [2.05, 4.69) is 10.2 Å². The summed E-state index contributed by atoms with van der Waals surface area (Å²) < 4.78 is 64.9. The first kappa shape index (κ1) is 18.6. The van der Waals surface area contributed by atoms with Crippen molar-refractivity contribution in [1.29, 1.82) is 0 Å². The van der Waals surface area contributed by atoms with Gasteiger partial charge in [-0.15, -0.1) is 10.2 Å². The van der Waals surface area contributed by atoms with Crippen LogP contribution in [-0.4, -0.2) is 23.4 Å². The highest BCUT2D eigenvalue weighted by Crippen LogP contribution is 2.43. The third-order valence-electron chi connectivity index (χ3n) is 5.03. The first-order chi connectivity index (χ1) is 13.4. The van der Waals surface area contributed by atoms with Crippen molar-refractivity contribution in [2.75, 3.05) is 13.2 Å². The second kappa shape index (κ2) is 7.01. The van der Waals surface area contributed by atoms with E-state index in [-0.39, 0.29) is 17.3 Å². The van der Waals surface area contributed by atoms with Crippen LogP contribution in [0.5, 0.6) is 0 Å². The van der Waals surface area contributed by atoms with Crippen molar-refractivity contribution in [2.24, 2.45) is 0 Å². The fourth-order valence-electron chi connectivity index (χ4n) is 3.50. The maximum absolute atomic E-state index is 14.1. The van der Waals surface area contributed by atoms with E-state index in [1.807, 2.05) is 0 Å². The highest BCUT2D eigenvalue weighted by atomic mass is 19.4. The summed E-state index contributed by atoms with van der Waals surface area (Å²) in [7, 11) is 0. The SMILES string of the molecule is Fc1ccccc1-c1nnc(C2(c3cccc(C(F)(F)F)c3)CCOCC2)o1. The summed E-state index contributed by atoms with van der Waals surface area (Å²) in [5.74, 6) is -0.364. The molecule has 0 amide bonds. The third kappa shape index (κ3) is 3.28. The average Bonchev–Trinajstić information content (AvgIpc) is 3.19. The Morgan fingerprint density at radius 3 is 2.39 bits per heavy atom. The summed E-state index contributed by atoms with van der Waals surface area (Å²) in [6.07, 6.45) is -3.70. The number of rotatable bonds is 3. The van der Waals surface area contributed by atoms with E-state index < -0.39 is 23.0 Å². The van der Waals surface area contributed by atoms with E-state index >= 15 is 0 Å². The van der Waals surface area contributed by atoms with Crippen LogP contribution in [0.1, 0.15) is 29.9 Å². The molecule has 0 saturated carbocycles. The lowest BCUT2D eigenvalue weighted by molar-refractivity contribution is -0.137. The second-order valence-corrected chi connectivity index (χ2v) is 6.67. The predicted octanol–water partition coefficient (Wildman–Crippen LogP) is 4.99. The average molecular weight is 392 g/mol. The molecule has 0 spiro atoms. The van der Waals surface area contributed by atoms with Gasteiger partial charge in [0, 0.05) is 13.2 Å². The lowest BCUT2D eigenvalue weighted by Crippen LogP contribution is -2.35. The number of halogens is 4. The van der Waals surface area contributed by atoms with Crippen molar-refractivity contribution in [3.63, 3.8) is 0 Å². The fourth-order valence-corrected chi connectivity index (χ4v) is 3.50. The molecule has 0 bridgehead atoms. The molecular formula is C20H16F4N2O2. The summed E-state index contributed by atoms with van der Waals surface area (Å²) in [5.41, 5.74) is -1.10. The van der Waals surface area contributed by atoms with Crippen LogP contribution in [0.4, 0.5) is 17.6 Å². The van der Waals surface area contributed by atoms with Crippen molar-refractivity contribution in [2.45, 2.75) is 24.4 Å². The summed E-state index contributed by atoms with van der Waals surface area (Å²) in [6, 6.07) is 11.1. The summed E-state index contributed by atoms with van der Waals surface area (Å²) in [6.45, 7) is 0.682. The normalized spacial score (nSPS) is 16.9. The van der Waals surface area contributed by atoms with Gasteiger partial charge in [-0.25, -0.2) is 4.39 Å². The van der Waals surface area contributed by atoms with Crippen molar-refractivity contribution in [3.05, 3.63) is 71.4 Å². The van der Waals surface area contributed by atoms with Gasteiger partial charge in [-0.05, 0) is 36.6 Å². The first-order valence-electron chi connectivity index (χ1n) is 8.74. The van der Waals surface area contributed by atoms with Gasteiger partial charge < -0.3 is 9.15 Å².